The van der Waals surface area contributed by atoms with E-state index in [1.807, 2.05) is 13.8 Å². The summed E-state index contributed by atoms with van der Waals surface area (Å²) in [5, 5.41) is 8.74. The molecular formula is C13H18O4S. The summed E-state index contributed by atoms with van der Waals surface area (Å²) in [7, 11) is -3.11. The number of carboxylic acids is 1. The Labute approximate surface area is 108 Å². The van der Waals surface area contributed by atoms with E-state index < -0.39 is 15.8 Å². The van der Waals surface area contributed by atoms with Crippen molar-refractivity contribution >= 4 is 15.8 Å². The van der Waals surface area contributed by atoms with Crippen molar-refractivity contribution in [1.29, 1.82) is 0 Å². The van der Waals surface area contributed by atoms with Gasteiger partial charge in [0.1, 0.15) is 0 Å². The van der Waals surface area contributed by atoms with E-state index in [2.05, 4.69) is 0 Å². The van der Waals surface area contributed by atoms with E-state index in [1.165, 1.54) is 12.1 Å². The van der Waals surface area contributed by atoms with Gasteiger partial charge in [0, 0.05) is 0 Å². The fourth-order valence-electron chi connectivity index (χ4n) is 1.48. The lowest BCUT2D eigenvalue weighted by molar-refractivity contribution is 0.0697. The number of hydrogen-bond donors (Lipinski definition) is 1. The van der Waals surface area contributed by atoms with Crippen LogP contribution in [0.5, 0.6) is 0 Å². The Balaban J connectivity index is 2.69. The zero-order chi connectivity index (χ0) is 13.8. The van der Waals surface area contributed by atoms with Gasteiger partial charge in [-0.15, -0.1) is 0 Å². The quantitative estimate of drug-likeness (QED) is 0.861. The lowest BCUT2D eigenvalue weighted by Crippen LogP contribution is -2.11. The molecule has 1 aromatic carbocycles. The summed E-state index contributed by atoms with van der Waals surface area (Å²) in [6.07, 6.45) is 0.648. The van der Waals surface area contributed by atoms with Crippen LogP contribution in [0.15, 0.2) is 24.3 Å². The Morgan fingerprint density at radius 2 is 1.78 bits per heavy atom. The maximum Gasteiger partial charge on any atom is 0.335 e. The fraction of sp³-hybridized carbons (Fsp3) is 0.462. The number of benzene rings is 1. The number of hydrogen-bond acceptors (Lipinski definition) is 3. The van der Waals surface area contributed by atoms with E-state index in [0.29, 0.717) is 17.9 Å². The molecule has 0 unspecified atom stereocenters. The van der Waals surface area contributed by atoms with Crippen molar-refractivity contribution in [2.45, 2.75) is 26.0 Å². The highest BCUT2D eigenvalue weighted by molar-refractivity contribution is 7.90. The molecule has 1 rings (SSSR count). The van der Waals surface area contributed by atoms with Gasteiger partial charge in [0.2, 0.25) is 0 Å². The summed E-state index contributed by atoms with van der Waals surface area (Å²) >= 11 is 0. The van der Waals surface area contributed by atoms with Gasteiger partial charge in [0.05, 0.1) is 17.1 Å². The van der Waals surface area contributed by atoms with Crippen molar-refractivity contribution in [3.8, 4) is 0 Å². The lowest BCUT2D eigenvalue weighted by Gasteiger charge is -2.07. The molecule has 0 amide bonds. The molecule has 0 aliphatic heterocycles. The predicted molar refractivity (Wildman–Crippen MR) is 70.3 cm³/mol. The third-order valence-corrected chi connectivity index (χ3v) is 4.22. The smallest absolute Gasteiger partial charge is 0.335 e. The first-order valence-electron chi connectivity index (χ1n) is 5.83. The molecule has 100 valence electrons. The van der Waals surface area contributed by atoms with Crippen LogP contribution in [-0.2, 0) is 15.6 Å². The third kappa shape index (κ3) is 4.87. The number of carboxylic acid groups (broad SMARTS) is 1. The molecule has 0 spiro atoms. The third-order valence-electron chi connectivity index (χ3n) is 2.59. The molecule has 4 nitrogen and oxygen atoms in total. The van der Waals surface area contributed by atoms with Gasteiger partial charge < -0.3 is 5.11 Å². The zero-order valence-electron chi connectivity index (χ0n) is 10.6. The second-order valence-electron chi connectivity index (χ2n) is 4.78. The predicted octanol–water partition coefficient (Wildman–Crippen LogP) is 2.35. The molecule has 0 heterocycles. The van der Waals surface area contributed by atoms with Gasteiger partial charge in [0.25, 0.3) is 0 Å². The molecule has 0 fully saturated rings. The zero-order valence-corrected chi connectivity index (χ0v) is 11.4. The maximum atomic E-state index is 11.8. The number of carbonyl (C=O) groups is 1. The van der Waals surface area contributed by atoms with Crippen LogP contribution in [0.1, 0.15) is 36.2 Å². The summed E-state index contributed by atoms with van der Waals surface area (Å²) in [6, 6.07) is 5.96. The molecule has 0 bridgehead atoms. The van der Waals surface area contributed by atoms with Gasteiger partial charge in [-0.25, -0.2) is 13.2 Å². The Bertz CT molecular complexity index is 500. The first kappa shape index (κ1) is 14.7. The molecule has 0 aliphatic rings. The highest BCUT2D eigenvalue weighted by Gasteiger charge is 2.13. The van der Waals surface area contributed by atoms with Crippen LogP contribution in [0.2, 0.25) is 0 Å². The van der Waals surface area contributed by atoms with Crippen LogP contribution in [0.25, 0.3) is 0 Å². The van der Waals surface area contributed by atoms with Gasteiger partial charge in [-0.3, -0.25) is 0 Å². The Morgan fingerprint density at radius 3 is 2.22 bits per heavy atom. The number of sulfone groups is 1. The Morgan fingerprint density at radius 1 is 1.22 bits per heavy atom. The minimum atomic E-state index is -3.11. The average molecular weight is 270 g/mol. The van der Waals surface area contributed by atoms with Crippen LogP contribution in [0, 0.1) is 5.92 Å². The van der Waals surface area contributed by atoms with Gasteiger partial charge in [-0.2, -0.15) is 0 Å². The van der Waals surface area contributed by atoms with Crippen molar-refractivity contribution in [2.75, 3.05) is 5.75 Å². The van der Waals surface area contributed by atoms with E-state index in [9.17, 15) is 13.2 Å². The molecule has 18 heavy (non-hydrogen) atoms. The van der Waals surface area contributed by atoms with Crippen molar-refractivity contribution < 1.29 is 18.3 Å². The summed E-state index contributed by atoms with van der Waals surface area (Å²) in [5.74, 6) is -0.510. The van der Waals surface area contributed by atoms with E-state index in [0.717, 1.165) is 0 Å². The number of rotatable bonds is 6. The normalized spacial score (nSPS) is 11.7. The topological polar surface area (TPSA) is 71.4 Å². The molecular weight excluding hydrogens is 252 g/mol. The second kappa shape index (κ2) is 6.00. The average Bonchev–Trinajstić information content (AvgIpc) is 2.27. The standard InChI is InChI=1S/C13H18O4S/c1-10(2)7-8-18(16,17)9-11-3-5-12(6-4-11)13(14)15/h3-6,10H,7-9H2,1-2H3,(H,14,15). The first-order valence-corrected chi connectivity index (χ1v) is 7.65. The highest BCUT2D eigenvalue weighted by Crippen LogP contribution is 2.11. The van der Waals surface area contributed by atoms with Crippen molar-refractivity contribution in [1.82, 2.24) is 0 Å². The van der Waals surface area contributed by atoms with Crippen LogP contribution < -0.4 is 0 Å². The van der Waals surface area contributed by atoms with Crippen molar-refractivity contribution in [2.24, 2.45) is 5.92 Å². The summed E-state index contributed by atoms with van der Waals surface area (Å²) in [4.78, 5) is 10.7. The van der Waals surface area contributed by atoms with Gasteiger partial charge in [0.15, 0.2) is 9.84 Å². The molecule has 5 heteroatoms. The molecule has 0 radical (unpaired) electrons. The molecule has 1 N–H and O–H groups in total. The first-order chi connectivity index (χ1) is 8.30. The van der Waals surface area contributed by atoms with Crippen LogP contribution in [0.3, 0.4) is 0 Å². The Hall–Kier alpha value is -1.36. The van der Waals surface area contributed by atoms with Gasteiger partial charge in [-0.1, -0.05) is 26.0 Å². The molecule has 0 aromatic heterocycles. The highest BCUT2D eigenvalue weighted by atomic mass is 32.2. The molecule has 0 saturated heterocycles. The summed E-state index contributed by atoms with van der Waals surface area (Å²) < 4.78 is 23.6. The van der Waals surface area contributed by atoms with Gasteiger partial charge in [-0.05, 0) is 30.0 Å². The second-order valence-corrected chi connectivity index (χ2v) is 6.96. The summed E-state index contributed by atoms with van der Waals surface area (Å²) in [6.45, 7) is 3.97. The van der Waals surface area contributed by atoms with Crippen molar-refractivity contribution in [3.05, 3.63) is 35.4 Å². The molecule has 0 atom stereocenters. The molecule has 0 saturated carbocycles. The van der Waals surface area contributed by atoms with E-state index in [4.69, 9.17) is 5.11 Å². The minimum absolute atomic E-state index is 0.0282. The van der Waals surface area contributed by atoms with E-state index >= 15 is 0 Å². The summed E-state index contributed by atoms with van der Waals surface area (Å²) in [5.41, 5.74) is 0.794. The van der Waals surface area contributed by atoms with E-state index in [1.54, 1.807) is 12.1 Å². The van der Waals surface area contributed by atoms with Crippen LogP contribution in [0.4, 0.5) is 0 Å². The van der Waals surface area contributed by atoms with E-state index in [-0.39, 0.29) is 17.1 Å². The largest absolute Gasteiger partial charge is 0.478 e. The fourth-order valence-corrected chi connectivity index (χ4v) is 3.16. The SMILES string of the molecule is CC(C)CCS(=O)(=O)Cc1ccc(C(=O)O)cc1. The van der Waals surface area contributed by atoms with Crippen LogP contribution >= 0.6 is 0 Å². The Kier molecular flexibility index (Phi) is 4.90. The number of aromatic carboxylic acids is 1. The molecule has 0 aliphatic carbocycles. The van der Waals surface area contributed by atoms with Crippen LogP contribution in [-0.4, -0.2) is 25.2 Å². The maximum absolute atomic E-state index is 11.8. The lowest BCUT2D eigenvalue weighted by atomic mass is 10.1. The van der Waals surface area contributed by atoms with Crippen molar-refractivity contribution in [3.63, 3.8) is 0 Å². The minimum Gasteiger partial charge on any atom is -0.478 e. The molecule has 1 aromatic rings. The van der Waals surface area contributed by atoms with Gasteiger partial charge >= 0.3 is 5.97 Å². The monoisotopic (exact) mass is 270 g/mol.